The predicted molar refractivity (Wildman–Crippen MR) is 223 cm³/mol. The predicted octanol–water partition coefficient (Wildman–Crippen LogP) is 8.16. The lowest BCUT2D eigenvalue weighted by Gasteiger charge is -2.26. The number of carbonyl (C=O) groups excluding carboxylic acids is 3. The lowest BCUT2D eigenvalue weighted by Crippen LogP contribution is -2.50. The van der Waals surface area contributed by atoms with Gasteiger partial charge in [0.2, 0.25) is 0 Å². The number of hydrogen-bond acceptors (Lipinski definition) is 12. The third kappa shape index (κ3) is 38.4. The summed E-state index contributed by atoms with van der Waals surface area (Å²) < 4.78 is 38.1. The summed E-state index contributed by atoms with van der Waals surface area (Å²) >= 11 is 0. The molecule has 0 saturated heterocycles. The van der Waals surface area contributed by atoms with Crippen LogP contribution in [0.4, 0.5) is 0 Å². The van der Waals surface area contributed by atoms with E-state index >= 15 is 0 Å². The molecular weight excluding hydrogens is 751 g/mol. The maximum absolute atomic E-state index is 12.7. The fraction of sp³-hybridized carbons (Fsp3) is 0.930. The van der Waals surface area contributed by atoms with E-state index in [9.17, 15) is 28.9 Å². The van der Waals surface area contributed by atoms with Crippen LogP contribution in [0.2, 0.25) is 0 Å². The monoisotopic (exact) mass is 837 g/mol. The van der Waals surface area contributed by atoms with Crippen molar-refractivity contribution in [3.63, 3.8) is 0 Å². The van der Waals surface area contributed by atoms with Gasteiger partial charge in [-0.25, -0.2) is 0 Å². The number of phosphoric ester groups is 1. The molecule has 0 amide bonds. The highest BCUT2D eigenvalue weighted by molar-refractivity contribution is 7.45. The van der Waals surface area contributed by atoms with Gasteiger partial charge in [0.05, 0.1) is 19.8 Å². The Hall–Kier alpha value is -1.60. The zero-order chi connectivity index (χ0) is 42.2. The maximum Gasteiger partial charge on any atom is 0.322 e. The van der Waals surface area contributed by atoms with Crippen LogP contribution in [-0.4, -0.2) is 74.2 Å². The molecule has 0 spiro atoms. The Kier molecular flexibility index (Phi) is 38.7. The van der Waals surface area contributed by atoms with Crippen molar-refractivity contribution in [1.29, 1.82) is 0 Å². The Bertz CT molecular complexity index is 1010. The number of carbonyl (C=O) groups is 3. The third-order valence-corrected chi connectivity index (χ3v) is 11.0. The molecule has 6 N–H and O–H groups in total. The molecule has 4 atom stereocenters. The van der Waals surface area contributed by atoms with Gasteiger partial charge in [-0.05, 0) is 32.1 Å². The number of aliphatic hydroxyl groups excluding tert-OH is 1. The first-order chi connectivity index (χ1) is 27.5. The first-order valence-corrected chi connectivity index (χ1v) is 24.3. The molecule has 0 heterocycles. The number of hydrogen-bond donors (Lipinski definition) is 3. The van der Waals surface area contributed by atoms with Gasteiger partial charge in [-0.1, -0.05) is 162 Å². The van der Waals surface area contributed by atoms with Gasteiger partial charge in [0.1, 0.15) is 25.4 Å². The van der Waals surface area contributed by atoms with Gasteiger partial charge in [-0.15, -0.1) is 0 Å². The Balaban J connectivity index is 4.66. The molecule has 0 aromatic carbocycles. The van der Waals surface area contributed by atoms with Gasteiger partial charge in [0.25, 0.3) is 7.82 Å². The molecule has 0 aliphatic carbocycles. The van der Waals surface area contributed by atoms with Crippen molar-refractivity contribution >= 4 is 25.7 Å². The number of quaternary nitrogens is 1. The van der Waals surface area contributed by atoms with Gasteiger partial charge in [-0.3, -0.25) is 18.9 Å². The van der Waals surface area contributed by atoms with Gasteiger partial charge in [0, 0.05) is 12.8 Å². The Morgan fingerprint density at radius 2 is 1.00 bits per heavy atom. The number of rotatable bonds is 43. The molecule has 14 heteroatoms. The third-order valence-electron chi connectivity index (χ3n) is 10.0. The largest absolute Gasteiger partial charge is 0.756 e. The Morgan fingerprint density at radius 3 is 1.46 bits per heavy atom. The summed E-state index contributed by atoms with van der Waals surface area (Å²) in [6.07, 6.45) is 29.0. The first-order valence-electron chi connectivity index (χ1n) is 22.9. The molecule has 0 aliphatic heterocycles. The van der Waals surface area contributed by atoms with Crippen LogP contribution < -0.4 is 16.4 Å². The second kappa shape index (κ2) is 39.8. The van der Waals surface area contributed by atoms with Crippen molar-refractivity contribution in [2.24, 2.45) is 5.73 Å². The smallest absolute Gasteiger partial charge is 0.322 e. The van der Waals surface area contributed by atoms with E-state index in [1.165, 1.54) is 109 Å². The number of esters is 3. The summed E-state index contributed by atoms with van der Waals surface area (Å²) in [5.41, 5.74) is 9.53. The molecule has 0 fully saturated rings. The molecule has 4 unspecified atom stereocenters. The standard InChI is InChI=1S/C43H85N2O11P/c1-3-5-7-9-11-13-15-17-19-21-23-25-27-32-42(48)56-39(36-52-41(47)31-26-24-22-20-18-16-14-12-10-8-6-4-2)37-55-57(50,51)54-35-38(46)34-53-43(49)40(45)30-28-29-33-44/h38-40,46H,3-37,44-45H2,1-2H3,(H,50,51). The van der Waals surface area contributed by atoms with Gasteiger partial charge >= 0.3 is 17.9 Å². The molecule has 0 aromatic heterocycles. The van der Waals surface area contributed by atoms with E-state index in [0.29, 0.717) is 25.7 Å². The van der Waals surface area contributed by atoms with E-state index in [0.717, 1.165) is 51.5 Å². The number of aliphatic hydroxyl groups is 1. The highest BCUT2D eigenvalue weighted by Gasteiger charge is 2.23. The van der Waals surface area contributed by atoms with Crippen molar-refractivity contribution in [2.45, 2.75) is 225 Å². The molecule has 57 heavy (non-hydrogen) atoms. The SMILES string of the molecule is CCCCCCCCCCCCCCCC(=O)OC(COC(=O)CCCCCCCCCCCCCC)COP(=O)([O-])OCC(O)COC(=O)C(N)CCCC[NH3+]. The lowest BCUT2D eigenvalue weighted by atomic mass is 10.0. The minimum atomic E-state index is -4.98. The summed E-state index contributed by atoms with van der Waals surface area (Å²) in [7, 11) is -4.98. The first kappa shape index (κ1) is 55.4. The van der Waals surface area contributed by atoms with E-state index in [1.54, 1.807) is 0 Å². The van der Waals surface area contributed by atoms with Crippen LogP contribution in [0, 0.1) is 0 Å². The number of ether oxygens (including phenoxy) is 3. The van der Waals surface area contributed by atoms with Crippen LogP contribution in [-0.2, 0) is 42.2 Å². The quantitative estimate of drug-likeness (QED) is 0.0230. The normalized spacial score (nSPS) is 14.1. The van der Waals surface area contributed by atoms with Crippen molar-refractivity contribution in [2.75, 3.05) is 33.0 Å². The summed E-state index contributed by atoms with van der Waals surface area (Å²) in [4.78, 5) is 49.7. The number of phosphoric acid groups is 1. The van der Waals surface area contributed by atoms with Crippen LogP contribution in [0.5, 0.6) is 0 Å². The van der Waals surface area contributed by atoms with E-state index in [1.807, 2.05) is 0 Å². The van der Waals surface area contributed by atoms with Crippen molar-refractivity contribution in [3.05, 3.63) is 0 Å². The Morgan fingerprint density at radius 1 is 0.579 bits per heavy atom. The molecule has 13 nitrogen and oxygen atoms in total. The summed E-state index contributed by atoms with van der Waals surface area (Å²) in [6, 6.07) is -0.860. The van der Waals surface area contributed by atoms with Crippen molar-refractivity contribution in [1.82, 2.24) is 0 Å². The van der Waals surface area contributed by atoms with E-state index in [4.69, 9.17) is 29.0 Å². The molecule has 0 bridgehead atoms. The number of nitrogens with two attached hydrogens (primary N) is 1. The van der Waals surface area contributed by atoms with Crippen LogP contribution in [0.25, 0.3) is 0 Å². The average molecular weight is 837 g/mol. The van der Waals surface area contributed by atoms with Gasteiger partial charge in [-0.2, -0.15) is 0 Å². The van der Waals surface area contributed by atoms with Crippen molar-refractivity contribution in [3.8, 4) is 0 Å². The number of unbranched alkanes of at least 4 members (excludes halogenated alkanes) is 24. The van der Waals surface area contributed by atoms with Crippen LogP contribution in [0.15, 0.2) is 0 Å². The van der Waals surface area contributed by atoms with Crippen LogP contribution in [0.1, 0.15) is 206 Å². The molecule has 0 radical (unpaired) electrons. The zero-order valence-electron chi connectivity index (χ0n) is 36.2. The molecule has 0 rings (SSSR count). The molecule has 0 aromatic rings. The molecule has 0 aliphatic rings. The van der Waals surface area contributed by atoms with Crippen LogP contribution in [0.3, 0.4) is 0 Å². The molecular formula is C43H85N2O11P. The van der Waals surface area contributed by atoms with Gasteiger partial charge in [0.15, 0.2) is 6.10 Å². The van der Waals surface area contributed by atoms with Gasteiger partial charge < -0.3 is 44.7 Å². The van der Waals surface area contributed by atoms with E-state index < -0.39 is 63.8 Å². The minimum Gasteiger partial charge on any atom is -0.756 e. The Labute approximate surface area is 346 Å². The second-order valence-corrected chi connectivity index (χ2v) is 17.1. The van der Waals surface area contributed by atoms with E-state index in [-0.39, 0.29) is 19.4 Å². The summed E-state index contributed by atoms with van der Waals surface area (Å²) in [5, 5.41) is 10.1. The zero-order valence-corrected chi connectivity index (χ0v) is 37.1. The molecule has 0 saturated carbocycles. The highest BCUT2D eigenvalue weighted by Crippen LogP contribution is 2.38. The maximum atomic E-state index is 12.7. The lowest BCUT2D eigenvalue weighted by molar-refractivity contribution is -0.368. The van der Waals surface area contributed by atoms with Crippen LogP contribution >= 0.6 is 7.82 Å². The topological polar surface area (TPSA) is 211 Å². The second-order valence-electron chi connectivity index (χ2n) is 15.7. The molecule has 338 valence electrons. The highest BCUT2D eigenvalue weighted by atomic mass is 31.2. The fourth-order valence-corrected chi connectivity index (χ4v) is 7.18. The fourth-order valence-electron chi connectivity index (χ4n) is 6.40. The van der Waals surface area contributed by atoms with E-state index in [2.05, 4.69) is 19.6 Å². The van der Waals surface area contributed by atoms with Crippen molar-refractivity contribution < 1.29 is 57.9 Å². The minimum absolute atomic E-state index is 0.150. The average Bonchev–Trinajstić information content (AvgIpc) is 3.19. The summed E-state index contributed by atoms with van der Waals surface area (Å²) in [5.74, 6) is -1.70. The summed E-state index contributed by atoms with van der Waals surface area (Å²) in [6.45, 7) is 2.93.